The van der Waals surface area contributed by atoms with E-state index in [4.69, 9.17) is 5.73 Å². The average molecular weight is 344 g/mol. The Labute approximate surface area is 123 Å². The van der Waals surface area contributed by atoms with E-state index in [1.165, 1.54) is 5.56 Å². The molecule has 0 radical (unpaired) electrons. The lowest BCUT2D eigenvalue weighted by atomic mass is 10.1. The average Bonchev–Trinajstić information content (AvgIpc) is 2.68. The Balaban J connectivity index is 2.13. The Hall–Kier alpha value is -0.430. The highest BCUT2D eigenvalue weighted by Crippen LogP contribution is 2.32. The fraction of sp³-hybridized carbons (Fsp3) is 0.333. The molecular weight excluding hydrogens is 330 g/mol. The van der Waals surface area contributed by atoms with Crippen LogP contribution in [-0.2, 0) is 6.42 Å². The number of hydrogen-bond donors (Lipinski definition) is 1. The summed E-state index contributed by atoms with van der Waals surface area (Å²) >= 11 is 6.84. The second-order valence-corrected chi connectivity index (χ2v) is 7.48. The third-order valence-corrected chi connectivity index (χ3v) is 4.90. The van der Waals surface area contributed by atoms with Crippen LogP contribution in [0.15, 0.2) is 31.9 Å². The van der Waals surface area contributed by atoms with Gasteiger partial charge in [-0.25, -0.2) is 0 Å². The molecule has 18 heavy (non-hydrogen) atoms. The van der Waals surface area contributed by atoms with Crippen molar-refractivity contribution in [1.29, 1.82) is 0 Å². The minimum Gasteiger partial charge on any atom is -0.328 e. The summed E-state index contributed by atoms with van der Waals surface area (Å²) in [5, 5.41) is 9.11. The fourth-order valence-corrected chi connectivity index (χ4v) is 4.05. The molecule has 0 saturated heterocycles. The van der Waals surface area contributed by atoms with E-state index in [9.17, 15) is 0 Å². The van der Waals surface area contributed by atoms with Gasteiger partial charge in [0, 0.05) is 15.4 Å². The molecule has 0 aliphatic heterocycles. The Morgan fingerprint density at radius 2 is 2.22 bits per heavy atom. The first kappa shape index (κ1) is 14.0. The van der Waals surface area contributed by atoms with Gasteiger partial charge in [-0.15, -0.1) is 10.2 Å². The molecule has 1 aromatic carbocycles. The van der Waals surface area contributed by atoms with E-state index < -0.39 is 0 Å². The van der Waals surface area contributed by atoms with Gasteiger partial charge in [0.15, 0.2) is 4.34 Å². The van der Waals surface area contributed by atoms with Gasteiger partial charge in [-0.1, -0.05) is 45.1 Å². The minimum absolute atomic E-state index is 0.172. The van der Waals surface area contributed by atoms with Crippen LogP contribution in [0.25, 0.3) is 0 Å². The molecule has 6 heteroatoms. The van der Waals surface area contributed by atoms with Crippen molar-refractivity contribution in [3.05, 3.63) is 33.2 Å². The van der Waals surface area contributed by atoms with Crippen molar-refractivity contribution < 1.29 is 0 Å². The first-order valence-corrected chi connectivity index (χ1v) is 7.99. The van der Waals surface area contributed by atoms with Crippen molar-refractivity contribution in [3.63, 3.8) is 0 Å². The molecule has 2 rings (SSSR count). The predicted octanol–water partition coefficient (Wildman–Crippen LogP) is 3.65. The number of halogens is 1. The van der Waals surface area contributed by atoms with Crippen LogP contribution in [0.4, 0.5) is 0 Å². The smallest absolute Gasteiger partial charge is 0.179 e. The van der Waals surface area contributed by atoms with Crippen molar-refractivity contribution in [2.75, 3.05) is 0 Å². The Morgan fingerprint density at radius 1 is 1.44 bits per heavy atom. The first-order chi connectivity index (χ1) is 8.54. The summed E-state index contributed by atoms with van der Waals surface area (Å²) in [5.74, 6) is 0. The van der Waals surface area contributed by atoms with E-state index in [0.29, 0.717) is 0 Å². The molecular formula is C12H14BrN3S2. The summed E-state index contributed by atoms with van der Waals surface area (Å²) in [7, 11) is 0. The van der Waals surface area contributed by atoms with Gasteiger partial charge >= 0.3 is 0 Å². The molecule has 0 spiro atoms. The summed E-state index contributed by atoms with van der Waals surface area (Å²) in [5.41, 5.74) is 7.05. The first-order valence-electron chi connectivity index (χ1n) is 5.56. The maximum Gasteiger partial charge on any atom is 0.179 e. The normalized spacial score (nSPS) is 12.7. The molecule has 0 amide bonds. The highest BCUT2D eigenvalue weighted by atomic mass is 79.9. The van der Waals surface area contributed by atoms with Crippen molar-refractivity contribution in [2.24, 2.45) is 5.73 Å². The number of aryl methyl sites for hydroxylation is 1. The van der Waals surface area contributed by atoms with E-state index in [1.54, 1.807) is 23.1 Å². The van der Waals surface area contributed by atoms with Crippen LogP contribution in [0.3, 0.4) is 0 Å². The Bertz CT molecular complexity index is 540. The van der Waals surface area contributed by atoms with E-state index in [1.807, 2.05) is 13.8 Å². The van der Waals surface area contributed by atoms with Crippen LogP contribution in [0, 0.1) is 6.92 Å². The van der Waals surface area contributed by atoms with Gasteiger partial charge < -0.3 is 5.73 Å². The second kappa shape index (κ2) is 6.14. The SMILES string of the molecule is Cc1nnc(Sc2ccc(CC(C)N)c(Br)c2)s1. The number of nitrogens with two attached hydrogens (primary N) is 1. The van der Waals surface area contributed by atoms with Crippen LogP contribution >= 0.6 is 39.0 Å². The minimum atomic E-state index is 0.172. The van der Waals surface area contributed by atoms with Gasteiger partial charge in [-0.2, -0.15) is 0 Å². The summed E-state index contributed by atoms with van der Waals surface area (Å²) < 4.78 is 2.07. The molecule has 1 unspecified atom stereocenters. The van der Waals surface area contributed by atoms with Gasteiger partial charge in [-0.3, -0.25) is 0 Å². The van der Waals surface area contributed by atoms with Crippen molar-refractivity contribution in [3.8, 4) is 0 Å². The molecule has 3 nitrogen and oxygen atoms in total. The zero-order valence-corrected chi connectivity index (χ0v) is 13.4. The lowest BCUT2D eigenvalue weighted by Gasteiger charge is -2.08. The summed E-state index contributed by atoms with van der Waals surface area (Å²) in [6.45, 7) is 3.97. The van der Waals surface area contributed by atoms with Gasteiger partial charge in [0.1, 0.15) is 5.01 Å². The lowest BCUT2D eigenvalue weighted by Crippen LogP contribution is -2.17. The van der Waals surface area contributed by atoms with E-state index in [2.05, 4.69) is 44.3 Å². The van der Waals surface area contributed by atoms with Gasteiger partial charge in [0.2, 0.25) is 0 Å². The largest absolute Gasteiger partial charge is 0.328 e. The molecule has 0 fully saturated rings. The standard InChI is InChI=1S/C12H14BrN3S2/c1-7(14)5-9-3-4-10(6-11(9)13)18-12-16-15-8(2)17-12/h3-4,6-7H,5,14H2,1-2H3. The molecule has 0 aliphatic carbocycles. The zero-order valence-electron chi connectivity index (χ0n) is 10.2. The molecule has 0 saturated carbocycles. The summed E-state index contributed by atoms with van der Waals surface area (Å²) in [4.78, 5) is 1.16. The van der Waals surface area contributed by atoms with E-state index in [0.717, 1.165) is 25.1 Å². The number of benzene rings is 1. The van der Waals surface area contributed by atoms with Gasteiger partial charge in [-0.05, 0) is 38.0 Å². The van der Waals surface area contributed by atoms with Crippen LogP contribution in [0.5, 0.6) is 0 Å². The highest BCUT2D eigenvalue weighted by molar-refractivity contribution is 9.10. The van der Waals surface area contributed by atoms with E-state index in [-0.39, 0.29) is 6.04 Å². The monoisotopic (exact) mass is 343 g/mol. The van der Waals surface area contributed by atoms with Crippen LogP contribution in [0.2, 0.25) is 0 Å². The maximum absolute atomic E-state index is 5.82. The number of hydrogen-bond acceptors (Lipinski definition) is 5. The molecule has 2 N–H and O–H groups in total. The molecule has 2 aromatic rings. The summed E-state index contributed by atoms with van der Waals surface area (Å²) in [6, 6.07) is 6.50. The second-order valence-electron chi connectivity index (χ2n) is 4.12. The number of nitrogens with zero attached hydrogens (tertiary/aromatic N) is 2. The van der Waals surface area contributed by atoms with Crippen LogP contribution in [-0.4, -0.2) is 16.2 Å². The molecule has 1 atom stereocenters. The van der Waals surface area contributed by atoms with Crippen LogP contribution in [0.1, 0.15) is 17.5 Å². The molecule has 0 aliphatic rings. The molecule has 96 valence electrons. The Kier molecular flexibility index (Phi) is 4.77. The fourth-order valence-electron chi connectivity index (χ4n) is 1.52. The number of aromatic nitrogens is 2. The topological polar surface area (TPSA) is 51.8 Å². The maximum atomic E-state index is 5.82. The van der Waals surface area contributed by atoms with Crippen molar-refractivity contribution in [2.45, 2.75) is 35.5 Å². The predicted molar refractivity (Wildman–Crippen MR) is 80.3 cm³/mol. The quantitative estimate of drug-likeness (QED) is 0.920. The highest BCUT2D eigenvalue weighted by Gasteiger charge is 2.07. The third-order valence-electron chi connectivity index (χ3n) is 2.28. The van der Waals surface area contributed by atoms with Crippen LogP contribution < -0.4 is 5.73 Å². The molecule has 1 heterocycles. The third kappa shape index (κ3) is 3.78. The molecule has 0 bridgehead atoms. The van der Waals surface area contributed by atoms with Gasteiger partial charge in [0.05, 0.1) is 0 Å². The van der Waals surface area contributed by atoms with E-state index >= 15 is 0 Å². The van der Waals surface area contributed by atoms with Crippen molar-refractivity contribution in [1.82, 2.24) is 10.2 Å². The summed E-state index contributed by atoms with van der Waals surface area (Å²) in [6.07, 6.45) is 0.878. The lowest BCUT2D eigenvalue weighted by molar-refractivity contribution is 0.735. The molecule has 1 aromatic heterocycles. The Morgan fingerprint density at radius 3 is 2.78 bits per heavy atom. The van der Waals surface area contributed by atoms with Gasteiger partial charge in [0.25, 0.3) is 0 Å². The van der Waals surface area contributed by atoms with Crippen molar-refractivity contribution >= 4 is 39.0 Å². The zero-order chi connectivity index (χ0) is 13.1. The number of rotatable bonds is 4.